The van der Waals surface area contributed by atoms with E-state index < -0.39 is 0 Å². The minimum Gasteiger partial charge on any atom is -0.303 e. The third kappa shape index (κ3) is 4.74. The van der Waals surface area contributed by atoms with Gasteiger partial charge in [-0.15, -0.1) is 0 Å². The minimum absolute atomic E-state index is 0.158. The molecule has 0 bridgehead atoms. The van der Waals surface area contributed by atoms with E-state index in [2.05, 4.69) is 26.2 Å². The summed E-state index contributed by atoms with van der Waals surface area (Å²) in [5.74, 6) is 0.174. The molecule has 0 aliphatic rings. The number of hydrogen-bond acceptors (Lipinski definition) is 5. The van der Waals surface area contributed by atoms with Gasteiger partial charge in [0.25, 0.3) is 0 Å². The lowest BCUT2D eigenvalue weighted by Gasteiger charge is -2.09. The zero-order chi connectivity index (χ0) is 15.9. The molecule has 7 nitrogen and oxygen atoms in total. The van der Waals surface area contributed by atoms with Gasteiger partial charge < -0.3 is 5.32 Å². The molecule has 2 N–H and O–H groups in total. The van der Waals surface area contributed by atoms with Gasteiger partial charge in [-0.2, -0.15) is 0 Å². The van der Waals surface area contributed by atoms with Gasteiger partial charge in [0.2, 0.25) is 11.9 Å². The fraction of sp³-hybridized carbons (Fsp3) is 0.308. The first-order valence-corrected chi connectivity index (χ1v) is 7.48. The quantitative estimate of drug-likeness (QED) is 0.809. The molecule has 1 amide bonds. The molecule has 1 aromatic carbocycles. The Morgan fingerprint density at radius 3 is 2.77 bits per heavy atom. The Morgan fingerprint density at radius 1 is 1.36 bits per heavy atom. The molecule has 0 aliphatic carbocycles. The number of anilines is 1. The summed E-state index contributed by atoms with van der Waals surface area (Å²) in [5, 5.41) is 17.4. The van der Waals surface area contributed by atoms with E-state index in [1.807, 2.05) is 6.92 Å². The first kappa shape index (κ1) is 16.3. The van der Waals surface area contributed by atoms with Crippen molar-refractivity contribution in [2.75, 3.05) is 5.32 Å². The molecule has 0 unspecified atom stereocenters. The third-order valence-corrected chi connectivity index (χ3v) is 3.18. The number of thiocarbonyl (C=S) groups is 1. The molecule has 22 heavy (non-hydrogen) atoms. The Hall–Kier alpha value is -2.06. The summed E-state index contributed by atoms with van der Waals surface area (Å²) < 4.78 is 1.58. The largest absolute Gasteiger partial charge is 0.303 e. The number of tetrazole rings is 1. The molecule has 0 saturated carbocycles. The van der Waals surface area contributed by atoms with E-state index in [0.717, 1.165) is 12.0 Å². The normalized spacial score (nSPS) is 10.3. The van der Waals surface area contributed by atoms with Crippen LogP contribution in [-0.2, 0) is 17.8 Å². The van der Waals surface area contributed by atoms with E-state index in [9.17, 15) is 4.79 Å². The second kappa shape index (κ2) is 7.81. The van der Waals surface area contributed by atoms with E-state index in [0.29, 0.717) is 17.5 Å². The maximum Gasteiger partial charge on any atom is 0.249 e. The van der Waals surface area contributed by atoms with Crippen molar-refractivity contribution < 1.29 is 4.79 Å². The van der Waals surface area contributed by atoms with E-state index >= 15 is 0 Å². The SMILES string of the molecule is CCCn1nnnc1NC(=S)NC(=O)Cc1ccc(Cl)cc1. The number of carbonyl (C=O) groups excluding carboxylic acids is 1. The lowest BCUT2D eigenvalue weighted by molar-refractivity contribution is -0.119. The van der Waals surface area contributed by atoms with Crippen molar-refractivity contribution in [2.24, 2.45) is 0 Å². The maximum absolute atomic E-state index is 11.9. The number of nitrogens with zero attached hydrogens (tertiary/aromatic N) is 4. The Bertz CT molecular complexity index is 657. The number of halogens is 1. The van der Waals surface area contributed by atoms with Gasteiger partial charge in [-0.05, 0) is 46.8 Å². The number of aryl methyl sites for hydroxylation is 1. The average Bonchev–Trinajstić information content (AvgIpc) is 2.89. The molecule has 1 aromatic heterocycles. The van der Waals surface area contributed by atoms with Crippen LogP contribution in [0, 0.1) is 0 Å². The fourth-order valence-electron chi connectivity index (χ4n) is 1.75. The molecule has 0 aliphatic heterocycles. The first-order chi connectivity index (χ1) is 10.6. The van der Waals surface area contributed by atoms with E-state index in [1.54, 1.807) is 28.9 Å². The number of carbonyl (C=O) groups is 1. The number of amides is 1. The van der Waals surface area contributed by atoms with Crippen molar-refractivity contribution >= 4 is 40.8 Å². The van der Waals surface area contributed by atoms with Gasteiger partial charge in [-0.3, -0.25) is 10.1 Å². The average molecular weight is 339 g/mol. The molecular weight excluding hydrogens is 324 g/mol. The van der Waals surface area contributed by atoms with Gasteiger partial charge in [0.05, 0.1) is 6.42 Å². The van der Waals surface area contributed by atoms with Crippen LogP contribution in [0.3, 0.4) is 0 Å². The highest BCUT2D eigenvalue weighted by Crippen LogP contribution is 2.09. The summed E-state index contributed by atoms with van der Waals surface area (Å²) in [7, 11) is 0. The Morgan fingerprint density at radius 2 is 2.09 bits per heavy atom. The maximum atomic E-state index is 11.9. The predicted octanol–water partition coefficient (Wildman–Crippen LogP) is 1.79. The van der Waals surface area contributed by atoms with Gasteiger partial charge in [0.1, 0.15) is 0 Å². The molecule has 0 spiro atoms. The summed E-state index contributed by atoms with van der Waals surface area (Å²) in [4.78, 5) is 11.9. The van der Waals surface area contributed by atoms with Crippen LogP contribution in [0.4, 0.5) is 5.95 Å². The van der Waals surface area contributed by atoms with Gasteiger partial charge in [-0.1, -0.05) is 35.8 Å². The van der Waals surface area contributed by atoms with Crippen molar-refractivity contribution in [3.63, 3.8) is 0 Å². The smallest absolute Gasteiger partial charge is 0.249 e. The summed E-state index contributed by atoms with van der Waals surface area (Å²) in [6.07, 6.45) is 1.09. The molecule has 2 aromatic rings. The highest BCUT2D eigenvalue weighted by molar-refractivity contribution is 7.80. The predicted molar refractivity (Wildman–Crippen MR) is 87.6 cm³/mol. The fourth-order valence-corrected chi connectivity index (χ4v) is 2.08. The first-order valence-electron chi connectivity index (χ1n) is 6.70. The van der Waals surface area contributed by atoms with Crippen molar-refractivity contribution in [2.45, 2.75) is 26.3 Å². The number of aromatic nitrogens is 4. The number of nitrogens with one attached hydrogen (secondary N) is 2. The summed E-state index contributed by atoms with van der Waals surface area (Å²) in [6.45, 7) is 2.67. The zero-order valence-corrected chi connectivity index (χ0v) is 13.5. The summed E-state index contributed by atoms with van der Waals surface area (Å²) >= 11 is 10.9. The molecule has 0 fully saturated rings. The molecule has 1 heterocycles. The van der Waals surface area contributed by atoms with Crippen LogP contribution in [0.15, 0.2) is 24.3 Å². The highest BCUT2D eigenvalue weighted by atomic mass is 35.5. The monoisotopic (exact) mass is 338 g/mol. The van der Waals surface area contributed by atoms with E-state index in [-0.39, 0.29) is 17.4 Å². The zero-order valence-electron chi connectivity index (χ0n) is 11.9. The van der Waals surface area contributed by atoms with Gasteiger partial charge >= 0.3 is 0 Å². The lowest BCUT2D eigenvalue weighted by atomic mass is 10.1. The number of rotatable bonds is 5. The van der Waals surface area contributed by atoms with Crippen LogP contribution in [0.2, 0.25) is 5.02 Å². The molecule has 0 saturated heterocycles. The van der Waals surface area contributed by atoms with Crippen molar-refractivity contribution in [3.05, 3.63) is 34.9 Å². The second-order valence-corrected chi connectivity index (χ2v) is 5.38. The van der Waals surface area contributed by atoms with Crippen molar-refractivity contribution in [1.82, 2.24) is 25.5 Å². The highest BCUT2D eigenvalue weighted by Gasteiger charge is 2.10. The van der Waals surface area contributed by atoms with Crippen molar-refractivity contribution in [3.8, 4) is 0 Å². The topological polar surface area (TPSA) is 84.7 Å². The van der Waals surface area contributed by atoms with Gasteiger partial charge in [-0.25, -0.2) is 4.68 Å². The van der Waals surface area contributed by atoms with Crippen LogP contribution >= 0.6 is 23.8 Å². The van der Waals surface area contributed by atoms with Crippen LogP contribution in [0.1, 0.15) is 18.9 Å². The Balaban J connectivity index is 1.87. The minimum atomic E-state index is -0.227. The molecule has 116 valence electrons. The van der Waals surface area contributed by atoms with Crippen LogP contribution in [0.25, 0.3) is 0 Å². The third-order valence-electron chi connectivity index (χ3n) is 2.72. The van der Waals surface area contributed by atoms with Gasteiger partial charge in [0, 0.05) is 11.6 Å². The van der Waals surface area contributed by atoms with Crippen LogP contribution < -0.4 is 10.6 Å². The molecule has 0 atom stereocenters. The van der Waals surface area contributed by atoms with E-state index in [1.165, 1.54) is 0 Å². The van der Waals surface area contributed by atoms with Crippen LogP contribution in [0.5, 0.6) is 0 Å². The van der Waals surface area contributed by atoms with E-state index in [4.69, 9.17) is 23.8 Å². The molecule has 0 radical (unpaired) electrons. The Kier molecular flexibility index (Phi) is 5.79. The molecular formula is C13H15ClN6OS. The summed E-state index contributed by atoms with van der Waals surface area (Å²) in [6, 6.07) is 7.06. The molecule has 2 rings (SSSR count). The summed E-state index contributed by atoms with van der Waals surface area (Å²) in [5.41, 5.74) is 0.848. The standard InChI is InChI=1S/C13H15ClN6OS/c1-2-7-20-12(17-18-19-20)16-13(22)15-11(21)8-9-3-5-10(14)6-4-9/h3-6H,2,7-8H2,1H3,(H2,15,16,17,19,21,22). The number of benzene rings is 1. The number of hydrogen-bond donors (Lipinski definition) is 2. The van der Waals surface area contributed by atoms with Crippen LogP contribution in [-0.4, -0.2) is 31.2 Å². The van der Waals surface area contributed by atoms with Gasteiger partial charge in [0.15, 0.2) is 5.11 Å². The Labute approximate surface area is 138 Å². The second-order valence-electron chi connectivity index (χ2n) is 4.53. The molecule has 9 heteroatoms. The lowest BCUT2D eigenvalue weighted by Crippen LogP contribution is -2.36. The van der Waals surface area contributed by atoms with Crippen molar-refractivity contribution in [1.29, 1.82) is 0 Å².